The molecule has 1 heteroatoms. The minimum atomic E-state index is 1.02. The number of hydrogen-bond donors (Lipinski definition) is 0. The van der Waals surface area contributed by atoms with Crippen LogP contribution < -0.4 is 0 Å². The van der Waals surface area contributed by atoms with Gasteiger partial charge in [-0.2, -0.15) is 0 Å². The predicted octanol–water partition coefficient (Wildman–Crippen LogP) is 4.84. The Bertz CT molecular complexity index is 887. The third kappa shape index (κ3) is 1.89. The highest BCUT2D eigenvalue weighted by atomic mass is 14.7. The highest BCUT2D eigenvalue weighted by molar-refractivity contribution is 5.87. The number of aromatic nitrogens is 1. The molecule has 102 valence electrons. The van der Waals surface area contributed by atoms with Crippen LogP contribution in [-0.2, 0) is 6.42 Å². The van der Waals surface area contributed by atoms with E-state index in [9.17, 15) is 0 Å². The first-order chi connectivity index (χ1) is 10.2. The largest absolute Gasteiger partial charge is 0.248 e. The molecule has 1 aliphatic carbocycles. The summed E-state index contributed by atoms with van der Waals surface area (Å²) < 4.78 is 0. The first-order valence-electron chi connectivity index (χ1n) is 7.40. The highest BCUT2D eigenvalue weighted by Gasteiger charge is 2.19. The Morgan fingerprint density at radius 3 is 2.67 bits per heavy atom. The lowest BCUT2D eigenvalue weighted by Crippen LogP contribution is -1.94. The molecule has 1 nitrogen and oxygen atoms in total. The van der Waals surface area contributed by atoms with Crippen LogP contribution in [0.15, 0.2) is 54.6 Å². The van der Waals surface area contributed by atoms with Gasteiger partial charge in [-0.15, -0.1) is 0 Å². The summed E-state index contributed by atoms with van der Waals surface area (Å²) in [6.45, 7) is 4.40. The van der Waals surface area contributed by atoms with Crippen molar-refractivity contribution in [1.29, 1.82) is 0 Å². The maximum atomic E-state index is 4.84. The van der Waals surface area contributed by atoms with Crippen LogP contribution >= 0.6 is 0 Å². The molecule has 0 atom stereocenters. The van der Waals surface area contributed by atoms with E-state index in [1.165, 1.54) is 33.2 Å². The molecule has 0 aliphatic heterocycles. The summed E-state index contributed by atoms with van der Waals surface area (Å²) in [5.41, 5.74) is 9.01. The summed E-state index contributed by atoms with van der Waals surface area (Å²) in [5.74, 6) is 0. The molecule has 2 aromatic carbocycles. The number of hydrogen-bond acceptors (Lipinski definition) is 1. The van der Waals surface area contributed by atoms with Crippen molar-refractivity contribution in [3.63, 3.8) is 0 Å². The van der Waals surface area contributed by atoms with Crippen LogP contribution in [0.25, 0.3) is 16.5 Å². The van der Waals surface area contributed by atoms with Crippen LogP contribution in [0.2, 0.25) is 0 Å². The summed E-state index contributed by atoms with van der Waals surface area (Å²) in [4.78, 5) is 4.84. The van der Waals surface area contributed by atoms with Crippen LogP contribution in [0.3, 0.4) is 0 Å². The molecule has 0 amide bonds. The number of nitrogens with zero attached hydrogens (tertiary/aromatic N) is 1. The summed E-state index contributed by atoms with van der Waals surface area (Å²) >= 11 is 0. The van der Waals surface area contributed by atoms with Gasteiger partial charge in [0.25, 0.3) is 0 Å². The summed E-state index contributed by atoms with van der Waals surface area (Å²) in [6, 6.07) is 17.0. The summed E-state index contributed by atoms with van der Waals surface area (Å²) in [7, 11) is 0. The Labute approximate surface area is 125 Å². The van der Waals surface area contributed by atoms with Crippen LogP contribution in [0.5, 0.6) is 0 Å². The predicted molar refractivity (Wildman–Crippen MR) is 88.4 cm³/mol. The van der Waals surface area contributed by atoms with E-state index in [4.69, 9.17) is 4.98 Å². The molecule has 1 aromatic heterocycles. The van der Waals surface area contributed by atoms with Crippen molar-refractivity contribution >= 4 is 16.5 Å². The van der Waals surface area contributed by atoms with Gasteiger partial charge in [0.05, 0.1) is 11.2 Å². The van der Waals surface area contributed by atoms with Crippen molar-refractivity contribution in [2.75, 3.05) is 0 Å². The molecule has 0 saturated carbocycles. The number of aryl methyl sites for hydroxylation is 1. The molecule has 0 N–H and O–H groups in total. The zero-order valence-electron chi connectivity index (χ0n) is 12.4. The molecule has 21 heavy (non-hydrogen) atoms. The fourth-order valence-electron chi connectivity index (χ4n) is 3.16. The van der Waals surface area contributed by atoms with Crippen LogP contribution in [0.4, 0.5) is 0 Å². The van der Waals surface area contributed by atoms with E-state index in [1.54, 1.807) is 0 Å². The van der Waals surface area contributed by atoms with Crippen LogP contribution in [0, 0.1) is 13.8 Å². The molecule has 0 saturated heterocycles. The number of rotatable bonds is 1. The fourth-order valence-corrected chi connectivity index (χ4v) is 3.16. The van der Waals surface area contributed by atoms with Crippen molar-refractivity contribution < 1.29 is 0 Å². The Morgan fingerprint density at radius 2 is 1.76 bits per heavy atom. The fraction of sp³-hybridized carbons (Fsp3) is 0.150. The molecule has 0 spiro atoms. The molecule has 0 unspecified atom stereocenters. The Kier molecular flexibility index (Phi) is 2.68. The smallest absolute Gasteiger partial charge is 0.0712 e. The SMILES string of the molecule is Cc1ccc2c(c1C)CC=C2c1ccc2ccccc2n1. The van der Waals surface area contributed by atoms with Crippen molar-refractivity contribution in [1.82, 2.24) is 4.98 Å². The topological polar surface area (TPSA) is 12.9 Å². The standard InChI is InChI=1S/C20H17N/c1-13-7-9-17-16(14(13)2)10-11-18(17)20-12-8-15-5-3-4-6-19(15)21-20/h3-9,11-12H,10H2,1-2H3. The van der Waals surface area contributed by atoms with Gasteiger partial charge in [-0.3, -0.25) is 0 Å². The Morgan fingerprint density at radius 1 is 0.905 bits per heavy atom. The highest BCUT2D eigenvalue weighted by Crippen LogP contribution is 2.35. The van der Waals surface area contributed by atoms with Crippen molar-refractivity contribution in [3.8, 4) is 0 Å². The van der Waals surface area contributed by atoms with Crippen molar-refractivity contribution in [2.45, 2.75) is 20.3 Å². The summed E-state index contributed by atoms with van der Waals surface area (Å²) in [6.07, 6.45) is 3.33. The van der Waals surface area contributed by atoms with Gasteiger partial charge in [0.2, 0.25) is 0 Å². The quantitative estimate of drug-likeness (QED) is 0.617. The maximum absolute atomic E-state index is 4.84. The third-order valence-corrected chi connectivity index (χ3v) is 4.54. The first-order valence-corrected chi connectivity index (χ1v) is 7.40. The van der Waals surface area contributed by atoms with Crippen LogP contribution in [-0.4, -0.2) is 4.98 Å². The molecule has 3 aromatic rings. The van der Waals surface area contributed by atoms with E-state index in [0.29, 0.717) is 0 Å². The monoisotopic (exact) mass is 271 g/mol. The molecule has 0 bridgehead atoms. The van der Waals surface area contributed by atoms with E-state index in [0.717, 1.165) is 17.6 Å². The van der Waals surface area contributed by atoms with E-state index >= 15 is 0 Å². The number of fused-ring (bicyclic) bond motifs is 2. The second kappa shape index (κ2) is 4.56. The van der Waals surface area contributed by atoms with Gasteiger partial charge in [-0.25, -0.2) is 4.98 Å². The normalized spacial score (nSPS) is 13.3. The second-order valence-electron chi connectivity index (χ2n) is 5.74. The second-order valence-corrected chi connectivity index (χ2v) is 5.74. The Hall–Kier alpha value is -2.41. The van der Waals surface area contributed by atoms with Crippen LogP contribution in [0.1, 0.15) is 27.9 Å². The molecule has 0 radical (unpaired) electrons. The van der Waals surface area contributed by atoms with Crippen molar-refractivity contribution in [3.05, 3.63) is 82.6 Å². The molecule has 4 rings (SSSR count). The lowest BCUT2D eigenvalue weighted by atomic mass is 9.96. The van der Waals surface area contributed by atoms with Gasteiger partial charge < -0.3 is 0 Å². The summed E-state index contributed by atoms with van der Waals surface area (Å²) in [5, 5.41) is 1.19. The van der Waals surface area contributed by atoms with E-state index in [-0.39, 0.29) is 0 Å². The van der Waals surface area contributed by atoms with E-state index < -0.39 is 0 Å². The average Bonchev–Trinajstić information content (AvgIpc) is 2.95. The minimum absolute atomic E-state index is 1.02. The van der Waals surface area contributed by atoms with E-state index in [2.05, 4.69) is 62.4 Å². The zero-order chi connectivity index (χ0) is 14.4. The maximum Gasteiger partial charge on any atom is 0.0712 e. The van der Waals surface area contributed by atoms with Gasteiger partial charge in [-0.05, 0) is 54.7 Å². The molecular formula is C20H17N. The number of benzene rings is 2. The first kappa shape index (κ1) is 12.3. The van der Waals surface area contributed by atoms with Crippen molar-refractivity contribution in [2.24, 2.45) is 0 Å². The van der Waals surface area contributed by atoms with Gasteiger partial charge in [-0.1, -0.05) is 42.5 Å². The average molecular weight is 271 g/mol. The molecule has 1 aliphatic rings. The molecule has 0 fully saturated rings. The van der Waals surface area contributed by atoms with Gasteiger partial charge in [0.15, 0.2) is 0 Å². The lowest BCUT2D eigenvalue weighted by Gasteiger charge is -2.10. The number of allylic oxidation sites excluding steroid dienone is 1. The molecular weight excluding hydrogens is 254 g/mol. The minimum Gasteiger partial charge on any atom is -0.248 e. The van der Waals surface area contributed by atoms with Gasteiger partial charge in [0, 0.05) is 11.0 Å². The number of para-hydroxylation sites is 1. The van der Waals surface area contributed by atoms with Gasteiger partial charge >= 0.3 is 0 Å². The third-order valence-electron chi connectivity index (χ3n) is 4.54. The zero-order valence-corrected chi connectivity index (χ0v) is 12.4. The van der Waals surface area contributed by atoms with E-state index in [1.807, 2.05) is 6.07 Å². The number of pyridine rings is 1. The Balaban J connectivity index is 1.87. The molecule has 1 heterocycles. The van der Waals surface area contributed by atoms with Gasteiger partial charge in [0.1, 0.15) is 0 Å². The lowest BCUT2D eigenvalue weighted by molar-refractivity contribution is 1.20.